The third kappa shape index (κ3) is 2.28. The van der Waals surface area contributed by atoms with Crippen LogP contribution in [0.5, 0.6) is 0 Å². The summed E-state index contributed by atoms with van der Waals surface area (Å²) in [5.41, 5.74) is 9.16. The molecule has 0 aromatic carbocycles. The molecule has 2 unspecified atom stereocenters. The second-order valence-corrected chi connectivity index (χ2v) is 6.47. The van der Waals surface area contributed by atoms with Crippen molar-refractivity contribution in [1.82, 2.24) is 4.90 Å². The van der Waals surface area contributed by atoms with Crippen molar-refractivity contribution in [2.45, 2.75) is 63.7 Å². The van der Waals surface area contributed by atoms with E-state index in [9.17, 15) is 0 Å². The molecule has 2 saturated heterocycles. The average molecular weight is 250 g/mol. The van der Waals surface area contributed by atoms with E-state index in [-0.39, 0.29) is 0 Å². The SMILES string of the molecule is Cc1cscc1CN1C2CCCC1CC(N)C2. The first kappa shape index (κ1) is 11.7. The van der Waals surface area contributed by atoms with Crippen LogP contribution in [0.1, 0.15) is 43.2 Å². The van der Waals surface area contributed by atoms with Crippen molar-refractivity contribution in [2.24, 2.45) is 5.73 Å². The molecule has 2 fully saturated rings. The van der Waals surface area contributed by atoms with Crippen LogP contribution in [0.2, 0.25) is 0 Å². The van der Waals surface area contributed by atoms with Gasteiger partial charge in [0.05, 0.1) is 0 Å². The van der Waals surface area contributed by atoms with Gasteiger partial charge in [-0.1, -0.05) is 6.42 Å². The molecule has 0 aliphatic carbocycles. The fraction of sp³-hybridized carbons (Fsp3) is 0.714. The van der Waals surface area contributed by atoms with Gasteiger partial charge in [-0.3, -0.25) is 4.90 Å². The molecule has 0 saturated carbocycles. The lowest BCUT2D eigenvalue weighted by Gasteiger charge is -2.48. The van der Waals surface area contributed by atoms with E-state index in [1.165, 1.54) is 43.2 Å². The Kier molecular flexibility index (Phi) is 3.24. The molecular weight excluding hydrogens is 228 g/mol. The fourth-order valence-electron chi connectivity index (χ4n) is 3.52. The zero-order valence-corrected chi connectivity index (χ0v) is 11.4. The van der Waals surface area contributed by atoms with Gasteiger partial charge in [0.15, 0.2) is 0 Å². The maximum Gasteiger partial charge on any atom is 0.0250 e. The molecule has 0 amide bonds. The standard InChI is InChI=1S/C14H22N2S/c1-10-8-17-9-11(10)7-16-13-3-2-4-14(16)6-12(15)5-13/h8-9,12-14H,2-7,15H2,1H3. The Labute approximate surface area is 108 Å². The monoisotopic (exact) mass is 250 g/mol. The summed E-state index contributed by atoms with van der Waals surface area (Å²) in [6, 6.07) is 1.94. The van der Waals surface area contributed by atoms with Crippen LogP contribution in [-0.2, 0) is 6.54 Å². The van der Waals surface area contributed by atoms with E-state index >= 15 is 0 Å². The van der Waals surface area contributed by atoms with Gasteiger partial charge in [0.2, 0.25) is 0 Å². The van der Waals surface area contributed by atoms with Crippen LogP contribution in [0.15, 0.2) is 10.8 Å². The van der Waals surface area contributed by atoms with Gasteiger partial charge in [0, 0.05) is 24.7 Å². The molecule has 3 heterocycles. The Morgan fingerprint density at radius 2 is 2.00 bits per heavy atom. The molecule has 3 rings (SSSR count). The molecule has 0 spiro atoms. The molecule has 2 aliphatic heterocycles. The highest BCUT2D eigenvalue weighted by molar-refractivity contribution is 7.08. The number of piperidine rings is 2. The third-order valence-electron chi connectivity index (χ3n) is 4.48. The molecule has 2 nitrogen and oxygen atoms in total. The first-order valence-corrected chi connectivity index (χ1v) is 7.71. The van der Waals surface area contributed by atoms with Crippen LogP contribution in [-0.4, -0.2) is 23.0 Å². The van der Waals surface area contributed by atoms with Crippen molar-refractivity contribution >= 4 is 11.3 Å². The van der Waals surface area contributed by atoms with Crippen molar-refractivity contribution in [3.8, 4) is 0 Å². The quantitative estimate of drug-likeness (QED) is 0.874. The Morgan fingerprint density at radius 1 is 1.29 bits per heavy atom. The van der Waals surface area contributed by atoms with E-state index in [1.807, 2.05) is 11.3 Å². The zero-order valence-electron chi connectivity index (χ0n) is 10.6. The van der Waals surface area contributed by atoms with Gasteiger partial charge in [-0.25, -0.2) is 0 Å². The molecule has 2 atom stereocenters. The van der Waals surface area contributed by atoms with Gasteiger partial charge in [0.25, 0.3) is 0 Å². The Balaban J connectivity index is 1.76. The van der Waals surface area contributed by atoms with E-state index in [4.69, 9.17) is 5.73 Å². The maximum absolute atomic E-state index is 6.17. The minimum atomic E-state index is 0.449. The second-order valence-electron chi connectivity index (χ2n) is 5.72. The Morgan fingerprint density at radius 3 is 2.59 bits per heavy atom. The van der Waals surface area contributed by atoms with Gasteiger partial charge < -0.3 is 5.73 Å². The molecule has 2 aliphatic rings. The largest absolute Gasteiger partial charge is 0.328 e. The normalized spacial score (nSPS) is 33.9. The summed E-state index contributed by atoms with van der Waals surface area (Å²) in [5.74, 6) is 0. The highest BCUT2D eigenvalue weighted by atomic mass is 32.1. The summed E-state index contributed by atoms with van der Waals surface area (Å²) < 4.78 is 0. The number of hydrogen-bond acceptors (Lipinski definition) is 3. The topological polar surface area (TPSA) is 29.3 Å². The van der Waals surface area contributed by atoms with Crippen LogP contribution < -0.4 is 5.73 Å². The number of nitrogens with zero attached hydrogens (tertiary/aromatic N) is 1. The number of thiophene rings is 1. The van der Waals surface area contributed by atoms with Crippen molar-refractivity contribution in [1.29, 1.82) is 0 Å². The summed E-state index contributed by atoms with van der Waals surface area (Å²) >= 11 is 1.83. The molecular formula is C14H22N2S. The number of rotatable bonds is 2. The van der Waals surface area contributed by atoms with E-state index in [2.05, 4.69) is 22.6 Å². The van der Waals surface area contributed by atoms with Gasteiger partial charge in [0.1, 0.15) is 0 Å². The third-order valence-corrected chi connectivity index (χ3v) is 5.39. The lowest BCUT2D eigenvalue weighted by molar-refractivity contribution is 0.0245. The molecule has 94 valence electrons. The fourth-order valence-corrected chi connectivity index (χ4v) is 4.37. The smallest absolute Gasteiger partial charge is 0.0250 e. The van der Waals surface area contributed by atoms with Crippen molar-refractivity contribution < 1.29 is 0 Å². The van der Waals surface area contributed by atoms with Crippen LogP contribution in [0.3, 0.4) is 0 Å². The van der Waals surface area contributed by atoms with Crippen LogP contribution >= 0.6 is 11.3 Å². The highest BCUT2D eigenvalue weighted by Crippen LogP contribution is 2.35. The van der Waals surface area contributed by atoms with Crippen LogP contribution in [0, 0.1) is 6.92 Å². The zero-order chi connectivity index (χ0) is 11.8. The van der Waals surface area contributed by atoms with Gasteiger partial charge in [-0.15, -0.1) is 0 Å². The summed E-state index contributed by atoms with van der Waals surface area (Å²) in [4.78, 5) is 2.74. The summed E-state index contributed by atoms with van der Waals surface area (Å²) in [5, 5.41) is 4.58. The van der Waals surface area contributed by atoms with E-state index < -0.39 is 0 Å². The maximum atomic E-state index is 6.17. The first-order valence-electron chi connectivity index (χ1n) is 6.77. The summed E-state index contributed by atoms with van der Waals surface area (Å²) in [7, 11) is 0. The lowest BCUT2D eigenvalue weighted by atomic mass is 9.82. The van der Waals surface area contributed by atoms with Crippen molar-refractivity contribution in [3.05, 3.63) is 21.9 Å². The lowest BCUT2D eigenvalue weighted by Crippen LogP contribution is -2.54. The summed E-state index contributed by atoms with van der Waals surface area (Å²) in [6.07, 6.45) is 6.53. The number of fused-ring (bicyclic) bond motifs is 2. The molecule has 2 bridgehead atoms. The van der Waals surface area contributed by atoms with Gasteiger partial charge in [-0.2, -0.15) is 11.3 Å². The first-order chi connectivity index (χ1) is 8.24. The van der Waals surface area contributed by atoms with E-state index in [0.717, 1.165) is 18.6 Å². The molecule has 1 aromatic rings. The summed E-state index contributed by atoms with van der Waals surface area (Å²) in [6.45, 7) is 3.38. The minimum Gasteiger partial charge on any atom is -0.328 e. The average Bonchev–Trinajstić information content (AvgIpc) is 2.66. The van der Waals surface area contributed by atoms with Gasteiger partial charge in [-0.05, 0) is 54.5 Å². The minimum absolute atomic E-state index is 0.449. The van der Waals surface area contributed by atoms with Gasteiger partial charge >= 0.3 is 0 Å². The number of aryl methyl sites for hydroxylation is 1. The van der Waals surface area contributed by atoms with E-state index in [0.29, 0.717) is 6.04 Å². The van der Waals surface area contributed by atoms with Crippen LogP contribution in [0.4, 0.5) is 0 Å². The number of nitrogens with two attached hydrogens (primary N) is 1. The second kappa shape index (κ2) is 4.71. The highest BCUT2D eigenvalue weighted by Gasteiger charge is 2.36. The Bertz CT molecular complexity index is 373. The molecule has 17 heavy (non-hydrogen) atoms. The van der Waals surface area contributed by atoms with Crippen molar-refractivity contribution in [2.75, 3.05) is 0 Å². The van der Waals surface area contributed by atoms with E-state index in [1.54, 1.807) is 0 Å². The predicted molar refractivity (Wildman–Crippen MR) is 73.2 cm³/mol. The molecule has 0 radical (unpaired) electrons. The Hall–Kier alpha value is -0.380. The molecule has 3 heteroatoms. The number of hydrogen-bond donors (Lipinski definition) is 1. The van der Waals surface area contributed by atoms with Crippen molar-refractivity contribution in [3.63, 3.8) is 0 Å². The predicted octanol–water partition coefficient (Wildman–Crippen LogP) is 2.90. The van der Waals surface area contributed by atoms with Crippen LogP contribution in [0.25, 0.3) is 0 Å². The molecule has 1 aromatic heterocycles. The molecule has 2 N–H and O–H groups in total.